The molecular formula is C20H25FN4O2. The summed E-state index contributed by atoms with van der Waals surface area (Å²) in [7, 11) is 0. The molecule has 7 heteroatoms. The van der Waals surface area contributed by atoms with Crippen LogP contribution >= 0.6 is 0 Å². The molecule has 6 nitrogen and oxygen atoms in total. The molecule has 1 aliphatic heterocycles. The maximum atomic E-state index is 13.7. The number of amides is 2. The van der Waals surface area contributed by atoms with E-state index in [0.717, 1.165) is 6.42 Å². The normalized spacial score (nSPS) is 19.3. The van der Waals surface area contributed by atoms with Crippen LogP contribution in [0.15, 0.2) is 36.7 Å². The van der Waals surface area contributed by atoms with Gasteiger partial charge in [-0.05, 0) is 43.0 Å². The number of benzene rings is 1. The van der Waals surface area contributed by atoms with Crippen LogP contribution in [0.3, 0.4) is 0 Å². The Kier molecular flexibility index (Phi) is 5.88. The van der Waals surface area contributed by atoms with Crippen LogP contribution in [0.1, 0.15) is 35.7 Å². The predicted molar refractivity (Wildman–Crippen MR) is 99.6 cm³/mol. The van der Waals surface area contributed by atoms with Gasteiger partial charge in [0.1, 0.15) is 5.82 Å². The van der Waals surface area contributed by atoms with Crippen molar-refractivity contribution < 1.29 is 14.0 Å². The SMILES string of the molecule is Cc1c(F)cccc1C(=O)NC1CN(C(=O)CCCn2cccn2)CC1C. The molecule has 1 aromatic carbocycles. The second-order valence-electron chi connectivity index (χ2n) is 7.14. The number of aryl methyl sites for hydroxylation is 1. The van der Waals surface area contributed by atoms with Gasteiger partial charge in [0, 0.05) is 44.0 Å². The highest BCUT2D eigenvalue weighted by Crippen LogP contribution is 2.19. The molecular weight excluding hydrogens is 347 g/mol. The quantitative estimate of drug-likeness (QED) is 0.847. The minimum Gasteiger partial charge on any atom is -0.347 e. The molecule has 0 spiro atoms. The summed E-state index contributed by atoms with van der Waals surface area (Å²) >= 11 is 0. The van der Waals surface area contributed by atoms with Crippen molar-refractivity contribution in [3.05, 3.63) is 53.6 Å². The van der Waals surface area contributed by atoms with E-state index in [9.17, 15) is 14.0 Å². The Bertz CT molecular complexity index is 806. The molecule has 2 heterocycles. The van der Waals surface area contributed by atoms with E-state index in [0.29, 0.717) is 37.2 Å². The van der Waals surface area contributed by atoms with Crippen molar-refractivity contribution in [3.8, 4) is 0 Å². The standard InChI is InChI=1S/C20H25FN4O2/c1-14-12-24(19(26)8-4-10-25-11-5-9-22-25)13-18(14)23-20(27)16-6-3-7-17(21)15(16)2/h3,5-7,9,11,14,18H,4,8,10,12-13H2,1-2H3,(H,23,27). The lowest BCUT2D eigenvalue weighted by Crippen LogP contribution is -2.40. The summed E-state index contributed by atoms with van der Waals surface area (Å²) in [5.74, 6) is -0.446. The van der Waals surface area contributed by atoms with Gasteiger partial charge in [0.15, 0.2) is 0 Å². The minimum absolute atomic E-state index is 0.0905. The summed E-state index contributed by atoms with van der Waals surface area (Å²) in [6.07, 6.45) is 4.78. The summed E-state index contributed by atoms with van der Waals surface area (Å²) in [6, 6.07) is 6.22. The zero-order chi connectivity index (χ0) is 19.4. The number of rotatable bonds is 6. The van der Waals surface area contributed by atoms with Crippen LogP contribution in [0.5, 0.6) is 0 Å². The Morgan fingerprint density at radius 1 is 1.30 bits per heavy atom. The first-order valence-corrected chi connectivity index (χ1v) is 9.27. The first-order chi connectivity index (χ1) is 13.0. The predicted octanol–water partition coefficient (Wildman–Crippen LogP) is 2.39. The van der Waals surface area contributed by atoms with E-state index in [1.165, 1.54) is 12.1 Å². The highest BCUT2D eigenvalue weighted by atomic mass is 19.1. The van der Waals surface area contributed by atoms with E-state index in [-0.39, 0.29) is 23.8 Å². The second kappa shape index (κ2) is 8.33. The number of nitrogens with zero attached hydrogens (tertiary/aromatic N) is 3. The molecule has 1 fully saturated rings. The lowest BCUT2D eigenvalue weighted by molar-refractivity contribution is -0.130. The second-order valence-corrected chi connectivity index (χ2v) is 7.14. The Hall–Kier alpha value is -2.70. The lowest BCUT2D eigenvalue weighted by atomic mass is 10.0. The van der Waals surface area contributed by atoms with Crippen molar-refractivity contribution in [2.45, 2.75) is 39.3 Å². The summed E-state index contributed by atoms with van der Waals surface area (Å²) in [5, 5.41) is 7.09. The fraction of sp³-hybridized carbons (Fsp3) is 0.450. The molecule has 144 valence electrons. The van der Waals surface area contributed by atoms with E-state index in [1.807, 2.05) is 23.9 Å². The molecule has 2 unspecified atom stereocenters. The average molecular weight is 372 g/mol. The third-order valence-corrected chi connectivity index (χ3v) is 5.13. The fourth-order valence-corrected chi connectivity index (χ4v) is 3.44. The van der Waals surface area contributed by atoms with Crippen LogP contribution in [0.2, 0.25) is 0 Å². The number of likely N-dealkylation sites (tertiary alicyclic amines) is 1. The zero-order valence-electron chi connectivity index (χ0n) is 15.7. The van der Waals surface area contributed by atoms with Crippen molar-refractivity contribution in [3.63, 3.8) is 0 Å². The van der Waals surface area contributed by atoms with Gasteiger partial charge in [0.05, 0.1) is 6.04 Å². The van der Waals surface area contributed by atoms with Crippen LogP contribution in [-0.2, 0) is 11.3 Å². The molecule has 0 bridgehead atoms. The van der Waals surface area contributed by atoms with Crippen molar-refractivity contribution >= 4 is 11.8 Å². The Morgan fingerprint density at radius 3 is 2.85 bits per heavy atom. The molecule has 0 saturated carbocycles. The summed E-state index contributed by atoms with van der Waals surface area (Å²) in [4.78, 5) is 26.8. The van der Waals surface area contributed by atoms with Crippen LogP contribution in [-0.4, -0.2) is 45.6 Å². The first-order valence-electron chi connectivity index (χ1n) is 9.27. The van der Waals surface area contributed by atoms with Crippen LogP contribution in [0.25, 0.3) is 0 Å². The molecule has 2 amide bonds. The molecule has 1 aromatic heterocycles. The number of carbonyl (C=O) groups is 2. The minimum atomic E-state index is -0.392. The molecule has 2 aromatic rings. The van der Waals surface area contributed by atoms with Gasteiger partial charge in [-0.2, -0.15) is 5.10 Å². The Balaban J connectivity index is 1.52. The van der Waals surface area contributed by atoms with Gasteiger partial charge < -0.3 is 10.2 Å². The molecule has 3 rings (SSSR count). The summed E-state index contributed by atoms with van der Waals surface area (Å²) in [5.41, 5.74) is 0.679. The van der Waals surface area contributed by atoms with E-state index < -0.39 is 5.82 Å². The lowest BCUT2D eigenvalue weighted by Gasteiger charge is -2.18. The molecule has 27 heavy (non-hydrogen) atoms. The fourth-order valence-electron chi connectivity index (χ4n) is 3.44. The molecule has 1 N–H and O–H groups in total. The van der Waals surface area contributed by atoms with Crippen molar-refractivity contribution in [1.82, 2.24) is 20.0 Å². The number of carbonyl (C=O) groups excluding carboxylic acids is 2. The van der Waals surface area contributed by atoms with Crippen molar-refractivity contribution in [2.75, 3.05) is 13.1 Å². The van der Waals surface area contributed by atoms with Gasteiger partial charge >= 0.3 is 0 Å². The number of halogens is 1. The summed E-state index contributed by atoms with van der Waals surface area (Å²) in [6.45, 7) is 5.43. The highest BCUT2D eigenvalue weighted by molar-refractivity contribution is 5.96. The monoisotopic (exact) mass is 372 g/mol. The van der Waals surface area contributed by atoms with Crippen molar-refractivity contribution in [1.29, 1.82) is 0 Å². The number of aromatic nitrogens is 2. The van der Waals surface area contributed by atoms with Crippen LogP contribution < -0.4 is 5.32 Å². The maximum Gasteiger partial charge on any atom is 0.251 e. The topological polar surface area (TPSA) is 67.2 Å². The molecule has 2 atom stereocenters. The highest BCUT2D eigenvalue weighted by Gasteiger charge is 2.33. The van der Waals surface area contributed by atoms with Gasteiger partial charge in [-0.25, -0.2) is 4.39 Å². The number of nitrogens with one attached hydrogen (secondary N) is 1. The average Bonchev–Trinajstić information content (AvgIpc) is 3.27. The van der Waals surface area contributed by atoms with Gasteiger partial charge in [0.25, 0.3) is 5.91 Å². The van der Waals surface area contributed by atoms with Gasteiger partial charge in [-0.1, -0.05) is 13.0 Å². The molecule has 1 aliphatic rings. The molecule has 0 aliphatic carbocycles. The van der Waals surface area contributed by atoms with Crippen LogP contribution in [0, 0.1) is 18.7 Å². The smallest absolute Gasteiger partial charge is 0.251 e. The van der Waals surface area contributed by atoms with E-state index in [4.69, 9.17) is 0 Å². The van der Waals surface area contributed by atoms with E-state index >= 15 is 0 Å². The Labute approximate surface area is 158 Å². The number of hydrogen-bond donors (Lipinski definition) is 1. The Morgan fingerprint density at radius 2 is 2.11 bits per heavy atom. The molecule has 1 saturated heterocycles. The van der Waals surface area contributed by atoms with E-state index in [2.05, 4.69) is 10.4 Å². The largest absolute Gasteiger partial charge is 0.347 e. The van der Waals surface area contributed by atoms with Crippen molar-refractivity contribution in [2.24, 2.45) is 5.92 Å². The number of hydrogen-bond acceptors (Lipinski definition) is 3. The van der Waals surface area contributed by atoms with Gasteiger partial charge in [-0.3, -0.25) is 14.3 Å². The third-order valence-electron chi connectivity index (χ3n) is 5.13. The third kappa shape index (κ3) is 4.53. The zero-order valence-corrected chi connectivity index (χ0v) is 15.7. The van der Waals surface area contributed by atoms with Gasteiger partial charge in [0.2, 0.25) is 5.91 Å². The first kappa shape index (κ1) is 19.1. The maximum absolute atomic E-state index is 13.7. The van der Waals surface area contributed by atoms with Gasteiger partial charge in [-0.15, -0.1) is 0 Å². The van der Waals surface area contributed by atoms with E-state index in [1.54, 1.807) is 24.1 Å². The summed E-state index contributed by atoms with van der Waals surface area (Å²) < 4.78 is 15.5. The molecule has 0 radical (unpaired) electrons. The van der Waals surface area contributed by atoms with Crippen LogP contribution in [0.4, 0.5) is 4.39 Å².